The van der Waals surface area contributed by atoms with E-state index in [0.717, 1.165) is 29.7 Å². The summed E-state index contributed by atoms with van der Waals surface area (Å²) >= 11 is 0. The minimum Gasteiger partial charge on any atom is -0.450 e. The second kappa shape index (κ2) is 7.39. The number of aromatic nitrogens is 1. The molecule has 2 aliphatic heterocycles. The van der Waals surface area contributed by atoms with Gasteiger partial charge in [0, 0.05) is 31.2 Å². The fraction of sp³-hybridized carbons (Fsp3) is 0.381. The molecule has 2 aromatic rings. The summed E-state index contributed by atoms with van der Waals surface area (Å²) in [5, 5.41) is 0. The molecule has 0 saturated heterocycles. The highest BCUT2D eigenvalue weighted by atomic mass is 16.6. The molecule has 0 radical (unpaired) electrons. The van der Waals surface area contributed by atoms with Crippen molar-refractivity contribution < 1.29 is 14.3 Å². The molecule has 6 heteroatoms. The van der Waals surface area contributed by atoms with E-state index >= 15 is 0 Å². The van der Waals surface area contributed by atoms with Crippen LogP contribution in [0.25, 0.3) is 0 Å². The van der Waals surface area contributed by atoms with Gasteiger partial charge in [0.1, 0.15) is 0 Å². The van der Waals surface area contributed by atoms with Gasteiger partial charge in [-0.15, -0.1) is 0 Å². The number of benzene rings is 1. The van der Waals surface area contributed by atoms with E-state index in [2.05, 4.69) is 11.1 Å². The minimum atomic E-state index is -0.315. The maximum absolute atomic E-state index is 13.3. The van der Waals surface area contributed by atoms with E-state index in [0.29, 0.717) is 38.2 Å². The van der Waals surface area contributed by atoms with E-state index in [1.54, 1.807) is 24.2 Å². The number of rotatable bonds is 2. The van der Waals surface area contributed by atoms with E-state index < -0.39 is 0 Å². The lowest BCUT2D eigenvalue weighted by Gasteiger charge is -2.32. The van der Waals surface area contributed by atoms with Crippen molar-refractivity contribution in [2.75, 3.05) is 24.6 Å². The molecule has 4 rings (SSSR count). The zero-order valence-corrected chi connectivity index (χ0v) is 15.5. The summed E-state index contributed by atoms with van der Waals surface area (Å²) in [4.78, 5) is 33.2. The van der Waals surface area contributed by atoms with Crippen LogP contribution in [0.4, 0.5) is 10.5 Å². The van der Waals surface area contributed by atoms with Gasteiger partial charge in [-0.1, -0.05) is 18.2 Å². The average Bonchev–Trinajstić information content (AvgIpc) is 2.72. The van der Waals surface area contributed by atoms with Crippen molar-refractivity contribution in [3.63, 3.8) is 0 Å². The molecule has 0 spiro atoms. The second-order valence-electron chi connectivity index (χ2n) is 6.88. The first kappa shape index (κ1) is 17.5. The van der Waals surface area contributed by atoms with Crippen LogP contribution in [-0.4, -0.2) is 41.6 Å². The molecule has 0 atom stereocenters. The zero-order valence-electron chi connectivity index (χ0n) is 15.5. The first-order chi connectivity index (χ1) is 13.2. The van der Waals surface area contributed by atoms with Crippen LogP contribution in [0.1, 0.15) is 40.4 Å². The summed E-state index contributed by atoms with van der Waals surface area (Å²) < 4.78 is 5.10. The highest BCUT2D eigenvalue weighted by Gasteiger charge is 2.29. The normalized spacial score (nSPS) is 15.7. The van der Waals surface area contributed by atoms with Gasteiger partial charge in [0.25, 0.3) is 5.91 Å². The number of ether oxygens (including phenoxy) is 1. The summed E-state index contributed by atoms with van der Waals surface area (Å²) in [6, 6.07) is 8.09. The van der Waals surface area contributed by atoms with Gasteiger partial charge in [0.05, 0.1) is 18.7 Å². The summed E-state index contributed by atoms with van der Waals surface area (Å²) in [6.07, 6.45) is 5.69. The van der Waals surface area contributed by atoms with Crippen LogP contribution in [-0.2, 0) is 24.1 Å². The minimum absolute atomic E-state index is 0.00363. The standard InChI is InChI=1S/C21H23N3O3/c1-2-27-21(26)23-11-9-17-16(14-23)12-22-13-18(17)20(25)24-10-5-7-15-6-3-4-8-19(15)24/h3-4,6,8,12-13H,2,5,7,9-11,14H2,1H3. The van der Waals surface area contributed by atoms with Gasteiger partial charge in [-0.05, 0) is 48.9 Å². The predicted octanol–water partition coefficient (Wildman–Crippen LogP) is 3.19. The van der Waals surface area contributed by atoms with Crippen molar-refractivity contribution in [2.45, 2.75) is 32.7 Å². The number of nitrogens with zero attached hydrogens (tertiary/aromatic N) is 3. The van der Waals surface area contributed by atoms with Gasteiger partial charge in [-0.25, -0.2) is 4.79 Å². The van der Waals surface area contributed by atoms with E-state index in [-0.39, 0.29) is 12.0 Å². The summed E-state index contributed by atoms with van der Waals surface area (Å²) in [5.74, 6) is -0.00363. The van der Waals surface area contributed by atoms with Gasteiger partial charge >= 0.3 is 6.09 Å². The molecule has 6 nitrogen and oxygen atoms in total. The van der Waals surface area contributed by atoms with Crippen LogP contribution < -0.4 is 4.90 Å². The number of carbonyl (C=O) groups excluding carboxylic acids is 2. The predicted molar refractivity (Wildman–Crippen MR) is 102 cm³/mol. The number of carbonyl (C=O) groups is 2. The van der Waals surface area contributed by atoms with Crippen molar-refractivity contribution in [3.8, 4) is 0 Å². The SMILES string of the molecule is CCOC(=O)N1CCc2c(cncc2C(=O)N2CCCc3ccccc32)C1. The first-order valence-corrected chi connectivity index (χ1v) is 9.46. The van der Waals surface area contributed by atoms with Gasteiger partial charge in [-0.2, -0.15) is 0 Å². The Balaban J connectivity index is 1.62. The lowest BCUT2D eigenvalue weighted by Crippen LogP contribution is -2.39. The Morgan fingerprint density at radius 2 is 1.96 bits per heavy atom. The molecule has 27 heavy (non-hydrogen) atoms. The maximum Gasteiger partial charge on any atom is 0.410 e. The molecular weight excluding hydrogens is 342 g/mol. The van der Waals surface area contributed by atoms with Gasteiger partial charge < -0.3 is 14.5 Å². The number of anilines is 1. The van der Waals surface area contributed by atoms with Crippen LogP contribution in [0.3, 0.4) is 0 Å². The summed E-state index contributed by atoms with van der Waals surface area (Å²) in [5.41, 5.74) is 4.77. The molecule has 0 bridgehead atoms. The van der Waals surface area contributed by atoms with Gasteiger partial charge in [0.15, 0.2) is 0 Å². The van der Waals surface area contributed by atoms with Crippen molar-refractivity contribution in [2.24, 2.45) is 0 Å². The molecule has 2 amide bonds. The number of amides is 2. The largest absolute Gasteiger partial charge is 0.450 e. The van der Waals surface area contributed by atoms with Crippen LogP contribution in [0, 0.1) is 0 Å². The van der Waals surface area contributed by atoms with E-state index in [9.17, 15) is 9.59 Å². The molecule has 2 aliphatic rings. The van der Waals surface area contributed by atoms with Gasteiger partial charge in [0.2, 0.25) is 0 Å². The molecule has 1 aromatic heterocycles. The number of fused-ring (bicyclic) bond motifs is 2. The molecule has 0 unspecified atom stereocenters. The number of pyridine rings is 1. The van der Waals surface area contributed by atoms with Crippen LogP contribution in [0.5, 0.6) is 0 Å². The average molecular weight is 365 g/mol. The Bertz CT molecular complexity index is 881. The summed E-state index contributed by atoms with van der Waals surface area (Å²) in [6.45, 7) is 3.85. The maximum atomic E-state index is 13.3. The van der Waals surface area contributed by atoms with E-state index in [1.165, 1.54) is 5.56 Å². The highest BCUT2D eigenvalue weighted by Crippen LogP contribution is 2.30. The zero-order chi connectivity index (χ0) is 18.8. The van der Waals surface area contributed by atoms with Crippen LogP contribution >= 0.6 is 0 Å². The van der Waals surface area contributed by atoms with E-state index in [1.807, 2.05) is 23.1 Å². The van der Waals surface area contributed by atoms with Crippen LogP contribution in [0.15, 0.2) is 36.7 Å². The second-order valence-corrected chi connectivity index (χ2v) is 6.88. The third-order valence-corrected chi connectivity index (χ3v) is 5.25. The third kappa shape index (κ3) is 3.27. The molecule has 3 heterocycles. The Morgan fingerprint density at radius 3 is 2.81 bits per heavy atom. The molecule has 1 aromatic carbocycles. The first-order valence-electron chi connectivity index (χ1n) is 9.46. The smallest absolute Gasteiger partial charge is 0.410 e. The number of hydrogen-bond acceptors (Lipinski definition) is 4. The van der Waals surface area contributed by atoms with Gasteiger partial charge in [-0.3, -0.25) is 9.78 Å². The number of para-hydroxylation sites is 1. The fourth-order valence-electron chi connectivity index (χ4n) is 3.94. The lowest BCUT2D eigenvalue weighted by molar-refractivity contribution is 0.0980. The molecule has 0 N–H and O–H groups in total. The van der Waals surface area contributed by atoms with Crippen molar-refractivity contribution in [3.05, 3.63) is 58.9 Å². The molecule has 140 valence electrons. The molecule has 0 aliphatic carbocycles. The summed E-state index contributed by atoms with van der Waals surface area (Å²) in [7, 11) is 0. The van der Waals surface area contributed by atoms with Crippen molar-refractivity contribution >= 4 is 17.7 Å². The number of aryl methyl sites for hydroxylation is 1. The third-order valence-electron chi connectivity index (χ3n) is 5.25. The van der Waals surface area contributed by atoms with Crippen molar-refractivity contribution in [1.29, 1.82) is 0 Å². The van der Waals surface area contributed by atoms with Crippen LogP contribution in [0.2, 0.25) is 0 Å². The quantitative estimate of drug-likeness (QED) is 0.820. The Hall–Kier alpha value is -2.89. The monoisotopic (exact) mass is 365 g/mol. The topological polar surface area (TPSA) is 62.7 Å². The van der Waals surface area contributed by atoms with E-state index in [4.69, 9.17) is 4.74 Å². The molecular formula is C21H23N3O3. The Morgan fingerprint density at radius 1 is 1.11 bits per heavy atom. The lowest BCUT2D eigenvalue weighted by atomic mass is 9.95. The molecule has 0 fully saturated rings. The number of hydrogen-bond donors (Lipinski definition) is 0. The fourth-order valence-corrected chi connectivity index (χ4v) is 3.94. The Kier molecular flexibility index (Phi) is 4.79. The Labute approximate surface area is 158 Å². The van der Waals surface area contributed by atoms with Crippen molar-refractivity contribution in [1.82, 2.24) is 9.88 Å². The molecule has 0 saturated carbocycles. The highest BCUT2D eigenvalue weighted by molar-refractivity contribution is 6.07.